The van der Waals surface area contributed by atoms with E-state index < -0.39 is 0 Å². The van der Waals surface area contributed by atoms with Gasteiger partial charge in [-0.1, -0.05) is 26.2 Å². The third kappa shape index (κ3) is 5.21. The van der Waals surface area contributed by atoms with E-state index in [2.05, 4.69) is 35.9 Å². The lowest BCUT2D eigenvalue weighted by Crippen LogP contribution is -2.34. The number of rotatable bonds is 9. The van der Waals surface area contributed by atoms with Crippen LogP contribution in [-0.4, -0.2) is 31.8 Å². The van der Waals surface area contributed by atoms with E-state index >= 15 is 0 Å². The van der Waals surface area contributed by atoms with Crippen LogP contribution in [0.2, 0.25) is 0 Å². The summed E-state index contributed by atoms with van der Waals surface area (Å²) in [6.07, 6.45) is 13.4. The molecule has 1 unspecified atom stereocenters. The number of carbonyl (C=O) groups excluding carboxylic acids is 1. The molecule has 0 saturated carbocycles. The number of aryl methyl sites for hydroxylation is 2. The molecule has 3 rings (SSSR count). The molecule has 0 amide bonds. The van der Waals surface area contributed by atoms with Crippen LogP contribution in [0.4, 0.5) is 5.69 Å². The first kappa shape index (κ1) is 19.7. The first-order valence-electron chi connectivity index (χ1n) is 10.5. The van der Waals surface area contributed by atoms with Crippen LogP contribution < -0.4 is 4.90 Å². The van der Waals surface area contributed by atoms with Crippen molar-refractivity contribution in [2.45, 2.75) is 71.3 Å². The van der Waals surface area contributed by atoms with Crippen molar-refractivity contribution in [1.29, 1.82) is 0 Å². The van der Waals surface area contributed by atoms with Crippen LogP contribution in [0.1, 0.15) is 69.1 Å². The van der Waals surface area contributed by atoms with Crippen molar-refractivity contribution < 1.29 is 9.53 Å². The number of hydrogen-bond donors (Lipinski definition) is 0. The average Bonchev–Trinajstić information content (AvgIpc) is 2.68. The molecule has 4 heteroatoms. The van der Waals surface area contributed by atoms with Gasteiger partial charge >= 0.3 is 0 Å². The van der Waals surface area contributed by atoms with Crippen molar-refractivity contribution in [3.05, 3.63) is 34.6 Å². The highest BCUT2D eigenvalue weighted by atomic mass is 16.5. The molecule has 4 nitrogen and oxygen atoms in total. The highest BCUT2D eigenvalue weighted by molar-refractivity contribution is 5.82. The molecule has 1 aromatic carbocycles. The molecule has 0 spiro atoms. The average molecular weight is 369 g/mol. The second-order valence-corrected chi connectivity index (χ2v) is 7.76. The van der Waals surface area contributed by atoms with E-state index in [0.717, 1.165) is 31.1 Å². The normalized spacial score (nSPS) is 17.7. The Morgan fingerprint density at radius 2 is 1.93 bits per heavy atom. The number of unbranched alkanes of at least 4 members (excludes halogenated alkanes) is 2. The minimum absolute atomic E-state index is 0.226. The molecule has 27 heavy (non-hydrogen) atoms. The Kier molecular flexibility index (Phi) is 7.08. The minimum atomic E-state index is 0.226. The van der Waals surface area contributed by atoms with Gasteiger partial charge in [0, 0.05) is 18.8 Å². The molecule has 2 heterocycles. The van der Waals surface area contributed by atoms with Gasteiger partial charge in [0.2, 0.25) is 0 Å². The number of aldehydes is 1. The summed E-state index contributed by atoms with van der Waals surface area (Å²) in [5, 5.41) is 0. The summed E-state index contributed by atoms with van der Waals surface area (Å²) in [6, 6.07) is 4.66. The SMILES string of the molecule is CCCCCC(C)/N=C\O/C(C=O)=C/c1cc2c3c(c1)CCCN3CCC2. The predicted molar refractivity (Wildman–Crippen MR) is 113 cm³/mol. The van der Waals surface area contributed by atoms with Crippen LogP contribution in [0.3, 0.4) is 0 Å². The van der Waals surface area contributed by atoms with Crippen LogP contribution in [0, 0.1) is 0 Å². The van der Waals surface area contributed by atoms with E-state index in [1.165, 1.54) is 68.4 Å². The highest BCUT2D eigenvalue weighted by Crippen LogP contribution is 2.36. The lowest BCUT2D eigenvalue weighted by atomic mass is 9.90. The zero-order chi connectivity index (χ0) is 19.1. The molecule has 0 saturated heterocycles. The fourth-order valence-electron chi connectivity index (χ4n) is 4.13. The number of carbonyl (C=O) groups is 1. The third-order valence-corrected chi connectivity index (χ3v) is 5.51. The molecule has 0 aromatic heterocycles. The first-order chi connectivity index (χ1) is 13.2. The Hall–Kier alpha value is -2.10. The van der Waals surface area contributed by atoms with Gasteiger partial charge in [-0.25, -0.2) is 0 Å². The van der Waals surface area contributed by atoms with E-state index in [1.807, 2.05) is 6.08 Å². The van der Waals surface area contributed by atoms with Crippen molar-refractivity contribution in [2.75, 3.05) is 18.0 Å². The molecule has 1 atom stereocenters. The number of allylic oxidation sites excluding steroid dienone is 1. The Morgan fingerprint density at radius 3 is 2.56 bits per heavy atom. The lowest BCUT2D eigenvalue weighted by Gasteiger charge is -2.37. The van der Waals surface area contributed by atoms with Gasteiger partial charge in [-0.05, 0) is 73.9 Å². The molecule has 0 bridgehead atoms. The fraction of sp³-hybridized carbons (Fsp3) is 0.565. The largest absolute Gasteiger partial charge is 0.443 e. The number of anilines is 1. The minimum Gasteiger partial charge on any atom is -0.443 e. The Morgan fingerprint density at radius 1 is 1.22 bits per heavy atom. The zero-order valence-corrected chi connectivity index (χ0v) is 16.7. The van der Waals surface area contributed by atoms with Gasteiger partial charge in [-0.3, -0.25) is 9.79 Å². The number of benzene rings is 1. The lowest BCUT2D eigenvalue weighted by molar-refractivity contribution is -0.106. The molecule has 2 aliphatic heterocycles. The topological polar surface area (TPSA) is 41.9 Å². The van der Waals surface area contributed by atoms with E-state index in [0.29, 0.717) is 5.76 Å². The zero-order valence-electron chi connectivity index (χ0n) is 16.7. The van der Waals surface area contributed by atoms with Crippen LogP contribution in [0.15, 0.2) is 22.9 Å². The molecule has 0 aliphatic carbocycles. The second kappa shape index (κ2) is 9.72. The summed E-state index contributed by atoms with van der Waals surface area (Å²) in [5.41, 5.74) is 5.32. The second-order valence-electron chi connectivity index (χ2n) is 7.76. The van der Waals surface area contributed by atoms with Crippen molar-refractivity contribution in [2.24, 2.45) is 4.99 Å². The monoisotopic (exact) mass is 368 g/mol. The summed E-state index contributed by atoms with van der Waals surface area (Å²) in [7, 11) is 0. The van der Waals surface area contributed by atoms with Crippen LogP contribution in [-0.2, 0) is 22.4 Å². The van der Waals surface area contributed by atoms with Gasteiger partial charge in [0.05, 0.1) is 6.04 Å². The number of hydrogen-bond acceptors (Lipinski definition) is 4. The molecule has 146 valence electrons. The van der Waals surface area contributed by atoms with Gasteiger partial charge < -0.3 is 9.64 Å². The van der Waals surface area contributed by atoms with Gasteiger partial charge in [-0.2, -0.15) is 0 Å². The van der Waals surface area contributed by atoms with E-state index in [9.17, 15) is 4.79 Å². The smallest absolute Gasteiger partial charge is 0.185 e. The number of nitrogens with zero attached hydrogens (tertiary/aromatic N) is 2. The predicted octanol–water partition coefficient (Wildman–Crippen LogP) is 4.94. The molecular weight excluding hydrogens is 336 g/mol. The quantitative estimate of drug-likeness (QED) is 0.155. The van der Waals surface area contributed by atoms with Gasteiger partial charge in [0.1, 0.15) is 0 Å². The van der Waals surface area contributed by atoms with Crippen molar-refractivity contribution >= 4 is 24.5 Å². The molecule has 2 aliphatic rings. The highest BCUT2D eigenvalue weighted by Gasteiger charge is 2.23. The van der Waals surface area contributed by atoms with Crippen LogP contribution >= 0.6 is 0 Å². The van der Waals surface area contributed by atoms with Crippen molar-refractivity contribution in [3.63, 3.8) is 0 Å². The summed E-state index contributed by atoms with van der Waals surface area (Å²) in [6.45, 7) is 6.62. The molecule has 1 aromatic rings. The Labute approximate surface area is 163 Å². The summed E-state index contributed by atoms with van der Waals surface area (Å²) >= 11 is 0. The fourth-order valence-corrected chi connectivity index (χ4v) is 4.13. The molecule has 0 fully saturated rings. The van der Waals surface area contributed by atoms with Crippen LogP contribution in [0.5, 0.6) is 0 Å². The van der Waals surface area contributed by atoms with E-state index in [-0.39, 0.29) is 6.04 Å². The van der Waals surface area contributed by atoms with Crippen LogP contribution in [0.25, 0.3) is 6.08 Å². The van der Waals surface area contributed by atoms with Crippen molar-refractivity contribution in [1.82, 2.24) is 0 Å². The summed E-state index contributed by atoms with van der Waals surface area (Å²) < 4.78 is 5.52. The van der Waals surface area contributed by atoms with E-state index in [4.69, 9.17) is 4.74 Å². The van der Waals surface area contributed by atoms with Gasteiger partial charge in [0.25, 0.3) is 0 Å². The maximum atomic E-state index is 11.4. The molecule has 0 radical (unpaired) electrons. The van der Waals surface area contributed by atoms with E-state index in [1.54, 1.807) is 0 Å². The third-order valence-electron chi connectivity index (χ3n) is 5.51. The maximum Gasteiger partial charge on any atom is 0.185 e. The maximum absolute atomic E-state index is 11.4. The van der Waals surface area contributed by atoms with Gasteiger partial charge in [0.15, 0.2) is 18.4 Å². The first-order valence-corrected chi connectivity index (χ1v) is 10.5. The van der Waals surface area contributed by atoms with Crippen molar-refractivity contribution in [3.8, 4) is 0 Å². The Bertz CT molecular complexity index is 677. The standard InChI is InChI=1S/C23H32N2O2/c1-3-4-5-8-18(2)24-17-27-22(16-26)15-19-13-20-9-6-11-25-12-7-10-21(14-19)23(20)25/h13-18H,3-12H2,1-2H3/b22-15+,24-17-. The Balaban J connectivity index is 1.68. The molecular formula is C23H32N2O2. The summed E-state index contributed by atoms with van der Waals surface area (Å²) in [5.74, 6) is 0.315. The van der Waals surface area contributed by atoms with Gasteiger partial charge in [-0.15, -0.1) is 0 Å². The number of ether oxygens (including phenoxy) is 1. The number of aliphatic imine (C=N–C) groups is 1. The summed E-state index contributed by atoms with van der Waals surface area (Å²) in [4.78, 5) is 18.4. The molecule has 0 N–H and O–H groups in total.